The molecule has 158 valence electrons. The predicted octanol–water partition coefficient (Wildman–Crippen LogP) is 3.55. The van der Waals surface area contributed by atoms with E-state index in [1.165, 1.54) is 40.9 Å². The number of carbonyl (C=O) groups is 1. The number of nitrogen functional groups attached to an aromatic ring is 1. The predicted molar refractivity (Wildman–Crippen MR) is 112 cm³/mol. The molecule has 4 rings (SSSR count). The second kappa shape index (κ2) is 7.77. The molecule has 2 heterocycles. The third kappa shape index (κ3) is 3.71. The van der Waals surface area contributed by atoms with Gasteiger partial charge in [-0.15, -0.1) is 0 Å². The molecule has 9 heteroatoms. The molecule has 2 aromatic carbocycles. The Morgan fingerprint density at radius 2 is 2.10 bits per heavy atom. The largest absolute Gasteiger partial charge is 0.382 e. The van der Waals surface area contributed by atoms with Crippen molar-refractivity contribution < 1.29 is 22.8 Å². The van der Waals surface area contributed by atoms with E-state index < -0.39 is 30.5 Å². The van der Waals surface area contributed by atoms with Crippen LogP contribution in [0.3, 0.4) is 0 Å². The van der Waals surface area contributed by atoms with Crippen LogP contribution in [0.25, 0.3) is 16.8 Å². The molecule has 0 aliphatic carbocycles. The summed E-state index contributed by atoms with van der Waals surface area (Å²) >= 11 is 0. The smallest absolute Gasteiger partial charge is 0.257 e. The van der Waals surface area contributed by atoms with E-state index in [4.69, 9.17) is 9.85 Å². The van der Waals surface area contributed by atoms with E-state index in [1.807, 2.05) is 0 Å². The monoisotopic (exact) mass is 426 g/mol. The molecule has 0 saturated carbocycles. The Bertz CT molecular complexity index is 1420. The normalized spacial score (nSPS) is 14.0. The van der Waals surface area contributed by atoms with E-state index in [1.54, 1.807) is 6.92 Å². The van der Waals surface area contributed by atoms with Gasteiger partial charge in [0.1, 0.15) is 34.5 Å². The molecule has 0 radical (unpaired) electrons. The number of anilines is 2. The number of aliphatic hydroxyl groups excluding tert-OH is 1. The number of nitrogens with zero attached hydrogens (tertiary/aromatic N) is 3. The molecule has 7 nitrogen and oxygen atoms in total. The number of fused-ring (bicyclic) bond motifs is 1. The second-order valence-electron chi connectivity index (χ2n) is 6.89. The summed E-state index contributed by atoms with van der Waals surface area (Å²) in [7, 11) is 0. The van der Waals surface area contributed by atoms with Crippen molar-refractivity contribution in [1.82, 2.24) is 14.4 Å². The lowest BCUT2D eigenvalue weighted by atomic mass is 10.1. The number of rotatable bonds is 4. The lowest BCUT2D eigenvalue weighted by Crippen LogP contribution is -2.21. The topological polar surface area (TPSA) is 106 Å². The van der Waals surface area contributed by atoms with Crippen molar-refractivity contribution in [1.29, 1.82) is 0 Å². The highest BCUT2D eigenvalue weighted by molar-refractivity contribution is 5.95. The van der Waals surface area contributed by atoms with Gasteiger partial charge in [0.2, 0.25) is 0 Å². The number of imidazole rings is 1. The van der Waals surface area contributed by atoms with E-state index >= 15 is 4.39 Å². The molecule has 4 N–H and O–H groups in total. The van der Waals surface area contributed by atoms with Gasteiger partial charge in [0, 0.05) is 27.3 Å². The summed E-state index contributed by atoms with van der Waals surface area (Å²) < 4.78 is 53.2. The minimum atomic E-state index is -2.60. The fourth-order valence-corrected chi connectivity index (χ4v) is 3.29. The van der Waals surface area contributed by atoms with E-state index in [-0.39, 0.29) is 39.7 Å². The van der Waals surface area contributed by atoms with Gasteiger partial charge >= 0.3 is 0 Å². The number of amides is 1. The first-order chi connectivity index (χ1) is 16.0. The number of nitrogens with one attached hydrogen (secondary N) is 1. The third-order valence-electron chi connectivity index (χ3n) is 4.77. The number of halogens is 2. The number of hydrogen-bond acceptors (Lipinski definition) is 5. The van der Waals surface area contributed by atoms with Gasteiger partial charge in [-0.05, 0) is 49.7 Å². The highest BCUT2D eigenvalue weighted by atomic mass is 19.1. The minimum Gasteiger partial charge on any atom is -0.382 e. The van der Waals surface area contributed by atoms with E-state index in [2.05, 4.69) is 15.3 Å². The summed E-state index contributed by atoms with van der Waals surface area (Å²) in [5, 5.41) is 12.5. The number of carbonyl (C=O) groups excluding carboxylic acids is 1. The Balaban J connectivity index is 1.71. The molecule has 0 aliphatic rings. The Hall–Kier alpha value is -3.85. The number of benzene rings is 2. The second-order valence-corrected chi connectivity index (χ2v) is 6.89. The fourth-order valence-electron chi connectivity index (χ4n) is 3.29. The number of hydrogen-bond donors (Lipinski definition) is 3. The van der Waals surface area contributed by atoms with Crippen molar-refractivity contribution in [3.05, 3.63) is 77.4 Å². The standard InChI is InChI=1S/C22H19F2N5O2/c1-11-10-26-21(25)19-18(27-12(2)29(11)19)16-7-6-15(9-17(16)24)28-22(31)20(30)13-4-3-5-14(23)8-13/h3-10,20,30H,1-2H3,(H2,25,26)(H,28,31)/i2D3. The SMILES string of the molecule is [2H]C([2H])([2H])c1nc(-c2ccc(NC(=O)C(O)c3cccc(F)c3)cc2F)c2c(N)ncc(C)n12. The van der Waals surface area contributed by atoms with Crippen molar-refractivity contribution >= 4 is 22.9 Å². The van der Waals surface area contributed by atoms with Crippen LogP contribution in [0.1, 0.15) is 27.3 Å². The zero-order chi connectivity index (χ0) is 24.8. The van der Waals surface area contributed by atoms with Crippen LogP contribution >= 0.6 is 0 Å². The van der Waals surface area contributed by atoms with Crippen LogP contribution in [0, 0.1) is 25.4 Å². The van der Waals surface area contributed by atoms with Gasteiger partial charge in [-0.2, -0.15) is 0 Å². The van der Waals surface area contributed by atoms with Gasteiger partial charge in [-0.1, -0.05) is 12.1 Å². The molecular formula is C22H19F2N5O2. The van der Waals surface area contributed by atoms with Gasteiger partial charge in [0.05, 0.1) is 0 Å². The first kappa shape index (κ1) is 16.9. The summed E-state index contributed by atoms with van der Waals surface area (Å²) in [5.74, 6) is -2.65. The molecule has 31 heavy (non-hydrogen) atoms. The Kier molecular flexibility index (Phi) is 4.23. The molecule has 4 aromatic rings. The van der Waals surface area contributed by atoms with Crippen molar-refractivity contribution in [2.24, 2.45) is 0 Å². The Morgan fingerprint density at radius 3 is 2.81 bits per heavy atom. The average Bonchev–Trinajstić information content (AvgIpc) is 3.18. The van der Waals surface area contributed by atoms with Crippen LogP contribution in [0.15, 0.2) is 48.7 Å². The quantitative estimate of drug-likeness (QED) is 0.463. The van der Waals surface area contributed by atoms with Crippen LogP contribution in [-0.2, 0) is 4.79 Å². The number of aromatic nitrogens is 3. The zero-order valence-electron chi connectivity index (χ0n) is 19.2. The van der Waals surface area contributed by atoms with Crippen molar-refractivity contribution in [2.75, 3.05) is 11.1 Å². The van der Waals surface area contributed by atoms with Crippen LogP contribution in [0.4, 0.5) is 20.3 Å². The van der Waals surface area contributed by atoms with Crippen molar-refractivity contribution in [3.63, 3.8) is 0 Å². The van der Waals surface area contributed by atoms with Crippen LogP contribution in [0.2, 0.25) is 0 Å². The lowest BCUT2D eigenvalue weighted by Gasteiger charge is -2.12. The average molecular weight is 426 g/mol. The first-order valence-corrected chi connectivity index (χ1v) is 9.15. The van der Waals surface area contributed by atoms with Gasteiger partial charge < -0.3 is 16.2 Å². The van der Waals surface area contributed by atoms with Gasteiger partial charge in [0.15, 0.2) is 6.10 Å². The van der Waals surface area contributed by atoms with E-state index in [9.17, 15) is 14.3 Å². The van der Waals surface area contributed by atoms with Gasteiger partial charge in [0.25, 0.3) is 5.91 Å². The maximum atomic E-state index is 15.1. The molecule has 1 atom stereocenters. The highest BCUT2D eigenvalue weighted by Crippen LogP contribution is 2.32. The Morgan fingerprint density at radius 1 is 1.29 bits per heavy atom. The molecular weight excluding hydrogens is 404 g/mol. The lowest BCUT2D eigenvalue weighted by molar-refractivity contribution is -0.124. The van der Waals surface area contributed by atoms with Crippen LogP contribution in [-0.4, -0.2) is 25.4 Å². The maximum absolute atomic E-state index is 15.1. The third-order valence-corrected chi connectivity index (χ3v) is 4.77. The summed E-state index contributed by atoms with van der Waals surface area (Å²) in [6.45, 7) is -0.976. The summed E-state index contributed by atoms with van der Waals surface area (Å²) in [5.41, 5.74) is 6.54. The zero-order valence-corrected chi connectivity index (χ0v) is 16.2. The number of aliphatic hydroxyl groups is 1. The summed E-state index contributed by atoms with van der Waals surface area (Å²) in [4.78, 5) is 20.5. The van der Waals surface area contributed by atoms with E-state index in [0.29, 0.717) is 5.69 Å². The van der Waals surface area contributed by atoms with Crippen molar-refractivity contribution in [3.8, 4) is 11.3 Å². The number of nitrogens with two attached hydrogens (primary N) is 1. The molecule has 0 aliphatic heterocycles. The van der Waals surface area contributed by atoms with E-state index in [0.717, 1.165) is 12.1 Å². The molecule has 0 spiro atoms. The fraction of sp³-hybridized carbons (Fsp3) is 0.136. The molecule has 1 unspecified atom stereocenters. The molecule has 2 aromatic heterocycles. The molecule has 1 amide bonds. The van der Waals surface area contributed by atoms with Crippen molar-refractivity contribution in [2.45, 2.75) is 19.9 Å². The number of aryl methyl sites for hydroxylation is 2. The summed E-state index contributed by atoms with van der Waals surface area (Å²) in [6.07, 6.45) is -0.284. The van der Waals surface area contributed by atoms with Crippen LogP contribution < -0.4 is 11.1 Å². The molecule has 0 saturated heterocycles. The highest BCUT2D eigenvalue weighted by Gasteiger charge is 2.21. The van der Waals surface area contributed by atoms with Gasteiger partial charge in [-0.25, -0.2) is 18.7 Å². The minimum absolute atomic E-state index is 0.0172. The van der Waals surface area contributed by atoms with Crippen LogP contribution in [0.5, 0.6) is 0 Å². The van der Waals surface area contributed by atoms with Gasteiger partial charge in [-0.3, -0.25) is 9.20 Å². The summed E-state index contributed by atoms with van der Waals surface area (Å²) in [6, 6.07) is 8.56. The Labute approximate surface area is 180 Å². The molecule has 0 fully saturated rings. The molecule has 0 bridgehead atoms. The maximum Gasteiger partial charge on any atom is 0.257 e. The first-order valence-electron chi connectivity index (χ1n) is 10.7.